The van der Waals surface area contributed by atoms with Gasteiger partial charge in [-0.05, 0) is 48.9 Å². The van der Waals surface area contributed by atoms with Gasteiger partial charge in [0, 0.05) is 11.1 Å². The Bertz CT molecular complexity index is 1270. The van der Waals surface area contributed by atoms with Crippen LogP contribution in [0.3, 0.4) is 0 Å². The van der Waals surface area contributed by atoms with Gasteiger partial charge in [0.1, 0.15) is 23.1 Å². The highest BCUT2D eigenvalue weighted by Crippen LogP contribution is 2.45. The fourth-order valence-corrected chi connectivity index (χ4v) is 4.15. The third-order valence-electron chi connectivity index (χ3n) is 5.93. The van der Waals surface area contributed by atoms with Gasteiger partial charge < -0.3 is 14.9 Å². The van der Waals surface area contributed by atoms with Gasteiger partial charge in [-0.15, -0.1) is 0 Å². The average Bonchev–Trinajstić information content (AvgIpc) is 3.12. The molecule has 0 aromatic heterocycles. The number of anilines is 1. The summed E-state index contributed by atoms with van der Waals surface area (Å²) in [5.74, 6) is -2.68. The Kier molecular flexibility index (Phi) is 7.15. The fourth-order valence-electron chi connectivity index (χ4n) is 4.15. The van der Waals surface area contributed by atoms with Gasteiger partial charge in [0.2, 0.25) is 0 Å². The number of carbonyl (C=O) groups is 2. The molecule has 1 saturated heterocycles. The van der Waals surface area contributed by atoms with Crippen molar-refractivity contribution in [2.24, 2.45) is 0 Å². The van der Waals surface area contributed by atoms with Crippen LogP contribution in [0.5, 0.6) is 11.5 Å². The highest BCUT2D eigenvalue weighted by Gasteiger charge is 2.48. The van der Waals surface area contributed by atoms with Crippen molar-refractivity contribution in [2.45, 2.75) is 32.2 Å². The second-order valence-corrected chi connectivity index (χ2v) is 8.26. The van der Waals surface area contributed by atoms with Gasteiger partial charge in [-0.3, -0.25) is 14.5 Å². The molecule has 3 aromatic rings. The highest BCUT2D eigenvalue weighted by atomic mass is 19.1. The first-order valence-electron chi connectivity index (χ1n) is 11.5. The maximum atomic E-state index is 14.9. The predicted molar refractivity (Wildman–Crippen MR) is 131 cm³/mol. The van der Waals surface area contributed by atoms with Crippen LogP contribution in [-0.2, 0) is 9.59 Å². The van der Waals surface area contributed by atoms with E-state index in [1.165, 1.54) is 30.3 Å². The molecule has 1 heterocycles. The number of ether oxygens (including phenoxy) is 1. The van der Waals surface area contributed by atoms with E-state index in [1.807, 2.05) is 0 Å². The summed E-state index contributed by atoms with van der Waals surface area (Å²) < 4.78 is 20.6. The monoisotopic (exact) mass is 475 g/mol. The number of phenolic OH excluding ortho intramolecular Hbond substituents is 1. The molecule has 1 atom stereocenters. The first-order chi connectivity index (χ1) is 16.9. The first-order valence-corrected chi connectivity index (χ1v) is 11.5. The predicted octanol–water partition coefficient (Wildman–Crippen LogP) is 5.73. The summed E-state index contributed by atoms with van der Waals surface area (Å²) in [7, 11) is 0. The quantitative estimate of drug-likeness (QED) is 0.188. The lowest BCUT2D eigenvalue weighted by Crippen LogP contribution is -2.29. The number of aliphatic hydroxyl groups is 1. The molecule has 4 rings (SSSR count). The van der Waals surface area contributed by atoms with E-state index in [9.17, 15) is 24.2 Å². The Labute approximate surface area is 202 Å². The molecule has 7 heteroatoms. The van der Waals surface area contributed by atoms with Crippen LogP contribution in [-0.4, -0.2) is 28.5 Å². The topological polar surface area (TPSA) is 87.1 Å². The summed E-state index contributed by atoms with van der Waals surface area (Å²) in [4.78, 5) is 27.3. The minimum atomic E-state index is -1.27. The van der Waals surface area contributed by atoms with Gasteiger partial charge in [-0.2, -0.15) is 0 Å². The molecule has 1 amide bonds. The van der Waals surface area contributed by atoms with Crippen molar-refractivity contribution in [1.29, 1.82) is 0 Å². The Balaban J connectivity index is 1.78. The SMILES string of the molecule is CCCCCOc1ccc(/C(O)=C2\C(=O)C(=O)N(c3ccccc3O)C2c2ccccc2F)cc1. The number of phenols is 1. The van der Waals surface area contributed by atoms with Crippen LogP contribution in [0, 0.1) is 5.82 Å². The fraction of sp³-hybridized carbons (Fsp3) is 0.214. The van der Waals surface area contributed by atoms with E-state index in [4.69, 9.17) is 4.74 Å². The number of rotatable bonds is 8. The lowest BCUT2D eigenvalue weighted by atomic mass is 9.94. The lowest BCUT2D eigenvalue weighted by molar-refractivity contribution is -0.132. The van der Waals surface area contributed by atoms with Crippen molar-refractivity contribution in [3.8, 4) is 11.5 Å². The van der Waals surface area contributed by atoms with Gasteiger partial charge in [0.15, 0.2) is 0 Å². The maximum absolute atomic E-state index is 14.9. The summed E-state index contributed by atoms with van der Waals surface area (Å²) in [6.07, 6.45) is 3.07. The number of aromatic hydroxyl groups is 1. The largest absolute Gasteiger partial charge is 0.507 e. The minimum absolute atomic E-state index is 0.0207. The molecule has 0 spiro atoms. The van der Waals surface area contributed by atoms with Crippen molar-refractivity contribution >= 4 is 23.1 Å². The summed E-state index contributed by atoms with van der Waals surface area (Å²) >= 11 is 0. The van der Waals surface area contributed by atoms with Crippen LogP contribution in [0.15, 0.2) is 78.4 Å². The van der Waals surface area contributed by atoms with Crippen molar-refractivity contribution in [2.75, 3.05) is 11.5 Å². The molecular weight excluding hydrogens is 449 g/mol. The number of Topliss-reactive ketones (excluding diaryl/α,β-unsaturated/α-hetero) is 1. The summed E-state index contributed by atoms with van der Waals surface area (Å²) in [6.45, 7) is 2.67. The normalized spacial score (nSPS) is 17.1. The smallest absolute Gasteiger partial charge is 0.300 e. The van der Waals surface area contributed by atoms with Crippen molar-refractivity contribution in [3.63, 3.8) is 0 Å². The molecule has 2 N–H and O–H groups in total. The molecule has 1 aliphatic heterocycles. The standard InChI is InChI=1S/C28H26FNO5/c1-2-3-8-17-35-19-15-13-18(14-16-19)26(32)24-25(20-9-4-5-10-21(20)29)30(28(34)27(24)33)22-11-6-7-12-23(22)31/h4-7,9-16,25,31-32H,2-3,8,17H2,1H3/b26-24+. The molecule has 3 aromatic carbocycles. The van der Waals surface area contributed by atoms with E-state index in [0.717, 1.165) is 24.2 Å². The van der Waals surface area contributed by atoms with Crippen molar-refractivity contribution < 1.29 is 28.9 Å². The summed E-state index contributed by atoms with van der Waals surface area (Å²) in [5, 5.41) is 21.6. The number of unbranched alkanes of at least 4 members (excludes halogenated alkanes) is 2. The molecule has 1 aliphatic rings. The van der Waals surface area contributed by atoms with E-state index >= 15 is 0 Å². The zero-order chi connectivity index (χ0) is 24.9. The number of ketones is 1. The number of benzene rings is 3. The first kappa shape index (κ1) is 24.0. The highest BCUT2D eigenvalue weighted by molar-refractivity contribution is 6.51. The summed E-state index contributed by atoms with van der Waals surface area (Å²) in [5.41, 5.74) is 0.0765. The van der Waals surface area contributed by atoms with Crippen LogP contribution >= 0.6 is 0 Å². The number of amides is 1. The molecule has 1 fully saturated rings. The third kappa shape index (κ3) is 4.75. The minimum Gasteiger partial charge on any atom is -0.507 e. The molecule has 0 radical (unpaired) electrons. The van der Waals surface area contributed by atoms with Crippen LogP contribution in [0.4, 0.5) is 10.1 Å². The van der Waals surface area contributed by atoms with Crippen LogP contribution in [0.2, 0.25) is 0 Å². The van der Waals surface area contributed by atoms with Crippen LogP contribution in [0.1, 0.15) is 43.4 Å². The Hall–Kier alpha value is -4.13. The zero-order valence-corrected chi connectivity index (χ0v) is 19.3. The van der Waals surface area contributed by atoms with E-state index in [0.29, 0.717) is 12.4 Å². The maximum Gasteiger partial charge on any atom is 0.300 e. The zero-order valence-electron chi connectivity index (χ0n) is 19.3. The Morgan fingerprint density at radius 2 is 1.66 bits per heavy atom. The molecule has 0 aliphatic carbocycles. The van der Waals surface area contributed by atoms with Crippen LogP contribution < -0.4 is 9.64 Å². The van der Waals surface area contributed by atoms with Gasteiger partial charge >= 0.3 is 0 Å². The number of hydrogen-bond acceptors (Lipinski definition) is 5. The molecule has 35 heavy (non-hydrogen) atoms. The number of nitrogens with zero attached hydrogens (tertiary/aromatic N) is 1. The van der Waals surface area contributed by atoms with Crippen molar-refractivity contribution in [1.82, 2.24) is 0 Å². The number of halogens is 1. The van der Waals surface area contributed by atoms with Crippen molar-refractivity contribution in [3.05, 3.63) is 95.3 Å². The lowest BCUT2D eigenvalue weighted by Gasteiger charge is -2.26. The van der Waals surface area contributed by atoms with Crippen LogP contribution in [0.25, 0.3) is 5.76 Å². The van der Waals surface area contributed by atoms with E-state index in [1.54, 1.807) is 42.5 Å². The molecular formula is C28H26FNO5. The Morgan fingerprint density at radius 3 is 2.34 bits per heavy atom. The third-order valence-corrected chi connectivity index (χ3v) is 5.93. The molecule has 180 valence electrons. The molecule has 1 unspecified atom stereocenters. The number of hydrogen-bond donors (Lipinski definition) is 2. The Morgan fingerprint density at radius 1 is 0.971 bits per heavy atom. The molecule has 0 bridgehead atoms. The number of para-hydroxylation sites is 2. The molecule has 0 saturated carbocycles. The number of aliphatic hydroxyl groups excluding tert-OH is 1. The molecule has 6 nitrogen and oxygen atoms in total. The number of carbonyl (C=O) groups excluding carboxylic acids is 2. The van der Waals surface area contributed by atoms with Gasteiger partial charge in [-0.25, -0.2) is 4.39 Å². The van der Waals surface area contributed by atoms with E-state index in [2.05, 4.69) is 6.92 Å². The van der Waals surface area contributed by atoms with E-state index in [-0.39, 0.29) is 28.1 Å². The summed E-state index contributed by atoms with van der Waals surface area (Å²) in [6, 6.07) is 16.9. The van der Waals surface area contributed by atoms with Gasteiger partial charge in [0.25, 0.3) is 11.7 Å². The van der Waals surface area contributed by atoms with Gasteiger partial charge in [-0.1, -0.05) is 50.1 Å². The van der Waals surface area contributed by atoms with Gasteiger partial charge in [0.05, 0.1) is 23.9 Å². The average molecular weight is 476 g/mol. The second kappa shape index (κ2) is 10.4. The van der Waals surface area contributed by atoms with E-state index < -0.39 is 29.3 Å². The second-order valence-electron chi connectivity index (χ2n) is 8.26.